The highest BCUT2D eigenvalue weighted by molar-refractivity contribution is 7.90. The molecule has 1 aliphatic heterocycles. The Bertz CT molecular complexity index is 603. The second-order valence-corrected chi connectivity index (χ2v) is 8.07. The van der Waals surface area contributed by atoms with Crippen LogP contribution in [0.3, 0.4) is 0 Å². The number of sulfone groups is 1. The number of amides is 1. The number of hydrogen-bond acceptors (Lipinski definition) is 4. The number of nitrogens with zero attached hydrogens (tertiary/aromatic N) is 2. The Morgan fingerprint density at radius 3 is 2.18 bits per heavy atom. The molecule has 1 aliphatic rings. The van der Waals surface area contributed by atoms with Crippen LogP contribution in [0.5, 0.6) is 0 Å². The van der Waals surface area contributed by atoms with Crippen molar-refractivity contribution in [2.75, 3.05) is 44.7 Å². The van der Waals surface area contributed by atoms with Gasteiger partial charge in [-0.2, -0.15) is 0 Å². The maximum absolute atomic E-state index is 12.4. The van der Waals surface area contributed by atoms with Crippen LogP contribution in [0.2, 0.25) is 0 Å². The Balaban J connectivity index is 1.86. The van der Waals surface area contributed by atoms with Gasteiger partial charge in [-0.1, -0.05) is 19.1 Å². The van der Waals surface area contributed by atoms with Crippen molar-refractivity contribution < 1.29 is 13.2 Å². The monoisotopic (exact) mass is 324 g/mol. The molecular weight excluding hydrogens is 300 g/mol. The van der Waals surface area contributed by atoms with Crippen LogP contribution in [-0.2, 0) is 16.3 Å². The van der Waals surface area contributed by atoms with E-state index in [1.54, 1.807) is 0 Å². The molecule has 1 heterocycles. The van der Waals surface area contributed by atoms with Gasteiger partial charge in [0, 0.05) is 44.5 Å². The fraction of sp³-hybridized carbons (Fsp3) is 0.562. The molecule has 0 atom stereocenters. The van der Waals surface area contributed by atoms with Crippen LogP contribution in [0, 0.1) is 0 Å². The van der Waals surface area contributed by atoms with Gasteiger partial charge in [0.1, 0.15) is 9.84 Å². The summed E-state index contributed by atoms with van der Waals surface area (Å²) in [6.07, 6.45) is 2.22. The van der Waals surface area contributed by atoms with Crippen molar-refractivity contribution in [3.63, 3.8) is 0 Å². The van der Waals surface area contributed by atoms with Crippen molar-refractivity contribution in [3.8, 4) is 0 Å². The lowest BCUT2D eigenvalue weighted by atomic mass is 10.1. The minimum Gasteiger partial charge on any atom is -0.336 e. The van der Waals surface area contributed by atoms with Gasteiger partial charge in [0.25, 0.3) is 5.91 Å². The average Bonchev–Trinajstić information content (AvgIpc) is 2.52. The molecule has 1 aromatic carbocycles. The molecule has 122 valence electrons. The number of benzene rings is 1. The highest BCUT2D eigenvalue weighted by Crippen LogP contribution is 2.11. The van der Waals surface area contributed by atoms with E-state index in [0.29, 0.717) is 19.6 Å². The first-order valence-corrected chi connectivity index (χ1v) is 9.73. The summed E-state index contributed by atoms with van der Waals surface area (Å²) in [7, 11) is -2.93. The minimum atomic E-state index is -2.93. The first kappa shape index (κ1) is 17.0. The topological polar surface area (TPSA) is 57.7 Å². The summed E-state index contributed by atoms with van der Waals surface area (Å²) < 4.78 is 22.4. The smallest absolute Gasteiger partial charge is 0.253 e. The van der Waals surface area contributed by atoms with Crippen molar-refractivity contribution in [2.24, 2.45) is 0 Å². The predicted octanol–water partition coefficient (Wildman–Crippen LogP) is 1.05. The summed E-state index contributed by atoms with van der Waals surface area (Å²) in [5, 5.41) is 0. The van der Waals surface area contributed by atoms with Gasteiger partial charge in [0.2, 0.25) is 0 Å². The Morgan fingerprint density at radius 2 is 1.68 bits per heavy atom. The molecule has 0 aromatic heterocycles. The number of carbonyl (C=O) groups excluding carboxylic acids is 1. The van der Waals surface area contributed by atoms with Crippen molar-refractivity contribution in [2.45, 2.75) is 13.3 Å². The van der Waals surface area contributed by atoms with E-state index < -0.39 is 9.84 Å². The summed E-state index contributed by atoms with van der Waals surface area (Å²) in [5.74, 6) is 0.241. The molecule has 0 radical (unpaired) electrons. The zero-order chi connectivity index (χ0) is 16.2. The second-order valence-electron chi connectivity index (χ2n) is 5.81. The van der Waals surface area contributed by atoms with E-state index >= 15 is 0 Å². The molecular formula is C16H24N2O3S. The summed E-state index contributed by atoms with van der Waals surface area (Å²) in [5.41, 5.74) is 1.95. The molecule has 2 rings (SSSR count). The largest absolute Gasteiger partial charge is 0.336 e. The van der Waals surface area contributed by atoms with E-state index in [0.717, 1.165) is 25.1 Å². The van der Waals surface area contributed by atoms with Crippen molar-refractivity contribution in [3.05, 3.63) is 35.4 Å². The van der Waals surface area contributed by atoms with Crippen LogP contribution in [0.25, 0.3) is 0 Å². The van der Waals surface area contributed by atoms with E-state index in [9.17, 15) is 13.2 Å². The molecule has 0 spiro atoms. The molecule has 6 heteroatoms. The zero-order valence-electron chi connectivity index (χ0n) is 13.3. The van der Waals surface area contributed by atoms with Gasteiger partial charge in [-0.25, -0.2) is 8.42 Å². The third-order valence-electron chi connectivity index (χ3n) is 4.05. The van der Waals surface area contributed by atoms with Crippen molar-refractivity contribution in [1.29, 1.82) is 0 Å². The first-order valence-electron chi connectivity index (χ1n) is 7.67. The average molecular weight is 324 g/mol. The van der Waals surface area contributed by atoms with Crippen LogP contribution in [0.4, 0.5) is 0 Å². The number of carbonyl (C=O) groups is 1. The lowest BCUT2D eigenvalue weighted by Crippen LogP contribution is -2.49. The van der Waals surface area contributed by atoms with Gasteiger partial charge < -0.3 is 4.90 Å². The quantitative estimate of drug-likeness (QED) is 0.812. The normalized spacial score (nSPS) is 16.7. The van der Waals surface area contributed by atoms with Gasteiger partial charge in [-0.05, 0) is 24.1 Å². The molecule has 0 aliphatic carbocycles. The standard InChI is InChI=1S/C16H24N2O3S/c1-3-14-4-6-15(7-5-14)16(19)18-10-8-17(9-11-18)12-13-22(2,20)21/h4-7H,3,8-13H2,1-2H3. The molecule has 0 bridgehead atoms. The lowest BCUT2D eigenvalue weighted by molar-refractivity contribution is 0.0644. The Morgan fingerprint density at radius 1 is 1.09 bits per heavy atom. The van der Waals surface area contributed by atoms with Crippen LogP contribution in [0.15, 0.2) is 24.3 Å². The molecule has 5 nitrogen and oxygen atoms in total. The van der Waals surface area contributed by atoms with Crippen molar-refractivity contribution >= 4 is 15.7 Å². The van der Waals surface area contributed by atoms with Gasteiger partial charge in [-0.15, -0.1) is 0 Å². The molecule has 1 amide bonds. The Kier molecular flexibility index (Phi) is 5.58. The molecule has 0 unspecified atom stereocenters. The number of piperazine rings is 1. The molecule has 1 aromatic rings. The molecule has 1 fully saturated rings. The highest BCUT2D eigenvalue weighted by atomic mass is 32.2. The van der Waals surface area contributed by atoms with E-state index in [4.69, 9.17) is 0 Å². The zero-order valence-corrected chi connectivity index (χ0v) is 14.1. The fourth-order valence-electron chi connectivity index (χ4n) is 2.54. The minimum absolute atomic E-state index is 0.0606. The maximum atomic E-state index is 12.4. The Hall–Kier alpha value is -1.40. The summed E-state index contributed by atoms with van der Waals surface area (Å²) >= 11 is 0. The third-order valence-corrected chi connectivity index (χ3v) is 4.97. The highest BCUT2D eigenvalue weighted by Gasteiger charge is 2.22. The van der Waals surface area contributed by atoms with Crippen LogP contribution >= 0.6 is 0 Å². The second kappa shape index (κ2) is 7.24. The van der Waals surface area contributed by atoms with E-state index in [1.165, 1.54) is 11.8 Å². The third kappa shape index (κ3) is 4.81. The molecule has 22 heavy (non-hydrogen) atoms. The lowest BCUT2D eigenvalue weighted by Gasteiger charge is -2.34. The fourth-order valence-corrected chi connectivity index (χ4v) is 3.12. The predicted molar refractivity (Wildman–Crippen MR) is 87.9 cm³/mol. The van der Waals surface area contributed by atoms with Gasteiger partial charge >= 0.3 is 0 Å². The van der Waals surface area contributed by atoms with Crippen LogP contribution in [0.1, 0.15) is 22.8 Å². The first-order chi connectivity index (χ1) is 10.4. The van der Waals surface area contributed by atoms with E-state index in [-0.39, 0.29) is 11.7 Å². The molecule has 0 saturated carbocycles. The number of aryl methyl sites for hydroxylation is 1. The maximum Gasteiger partial charge on any atom is 0.253 e. The molecule has 0 N–H and O–H groups in total. The number of rotatable bonds is 5. The van der Waals surface area contributed by atoms with Gasteiger partial charge in [-0.3, -0.25) is 9.69 Å². The van der Waals surface area contributed by atoms with Gasteiger partial charge in [0.05, 0.1) is 5.75 Å². The Labute approximate surface area is 132 Å². The van der Waals surface area contributed by atoms with E-state index in [2.05, 4.69) is 11.8 Å². The summed E-state index contributed by atoms with van der Waals surface area (Å²) in [6.45, 7) is 5.40. The van der Waals surface area contributed by atoms with E-state index in [1.807, 2.05) is 29.2 Å². The van der Waals surface area contributed by atoms with Crippen LogP contribution in [-0.4, -0.2) is 68.9 Å². The van der Waals surface area contributed by atoms with Gasteiger partial charge in [0.15, 0.2) is 0 Å². The number of hydrogen-bond donors (Lipinski definition) is 0. The SMILES string of the molecule is CCc1ccc(C(=O)N2CCN(CCS(C)(=O)=O)CC2)cc1. The summed E-state index contributed by atoms with van der Waals surface area (Å²) in [4.78, 5) is 16.4. The summed E-state index contributed by atoms with van der Waals surface area (Å²) in [6, 6.07) is 7.76. The molecule has 1 saturated heterocycles. The van der Waals surface area contributed by atoms with Crippen LogP contribution < -0.4 is 0 Å². The van der Waals surface area contributed by atoms with Crippen molar-refractivity contribution in [1.82, 2.24) is 9.80 Å².